The first kappa shape index (κ1) is 20.6. The Morgan fingerprint density at radius 1 is 1.17 bits per heavy atom. The van der Waals surface area contributed by atoms with E-state index in [9.17, 15) is 9.90 Å². The lowest BCUT2D eigenvalue weighted by Crippen LogP contribution is -2.70. The highest BCUT2D eigenvalue weighted by molar-refractivity contribution is 5.11. The molecule has 0 aromatic carbocycles. The van der Waals surface area contributed by atoms with E-state index in [1.165, 1.54) is 12.1 Å². The Kier molecular flexibility index (Phi) is 5.08. The van der Waals surface area contributed by atoms with E-state index in [0.29, 0.717) is 23.2 Å². The second-order valence-electron chi connectivity index (χ2n) is 9.61. The Hall–Kier alpha value is -1.29. The fourth-order valence-corrected chi connectivity index (χ4v) is 6.06. The van der Waals surface area contributed by atoms with Crippen LogP contribution in [0.1, 0.15) is 57.8 Å². The molecule has 5 aliphatic rings. The van der Waals surface area contributed by atoms with Gasteiger partial charge in [0.2, 0.25) is 5.79 Å². The van der Waals surface area contributed by atoms with Gasteiger partial charge in [-0.05, 0) is 38.0 Å². The first-order valence-electron chi connectivity index (χ1n) is 11.0. The highest BCUT2D eigenvalue weighted by Gasteiger charge is 2.69. The van der Waals surface area contributed by atoms with E-state index in [-0.39, 0.29) is 30.5 Å². The number of aromatic amines is 1. The van der Waals surface area contributed by atoms with Gasteiger partial charge in [-0.3, -0.25) is 4.79 Å². The van der Waals surface area contributed by atoms with Crippen LogP contribution in [0.4, 0.5) is 0 Å². The molecule has 1 aliphatic carbocycles. The summed E-state index contributed by atoms with van der Waals surface area (Å²) in [5.41, 5.74) is 0.287. The summed E-state index contributed by atoms with van der Waals surface area (Å²) in [6, 6.07) is 2.86. The summed E-state index contributed by atoms with van der Waals surface area (Å²) in [5, 5.41) is 9.33. The van der Waals surface area contributed by atoms with Crippen LogP contribution in [0.25, 0.3) is 0 Å². The molecule has 2 N–H and O–H groups in total. The van der Waals surface area contributed by atoms with Gasteiger partial charge in [0.25, 0.3) is 0 Å². The summed E-state index contributed by atoms with van der Waals surface area (Å²) in [6.07, 6.45) is 2.84. The third-order valence-corrected chi connectivity index (χ3v) is 7.62. The minimum Gasteiger partial charge on any atom is -0.390 e. The van der Waals surface area contributed by atoms with Crippen molar-refractivity contribution in [2.24, 2.45) is 23.7 Å². The number of pyridine rings is 1. The Morgan fingerprint density at radius 3 is 2.77 bits per heavy atom. The molecule has 1 spiro atoms. The third-order valence-electron chi connectivity index (χ3n) is 7.62. The third kappa shape index (κ3) is 3.16. The average molecular weight is 421 g/mol. The van der Waals surface area contributed by atoms with Crippen molar-refractivity contribution >= 4 is 0 Å². The second kappa shape index (κ2) is 7.39. The van der Waals surface area contributed by atoms with Crippen LogP contribution in [0.2, 0.25) is 0 Å². The maximum Gasteiger partial charge on any atom is 0.201 e. The SMILES string of the molecule is C[C@H]1[C@H](OCc2cc(=O)cc(CO)[nH]2)O[C@@H]2O[C@]3(C)CC[C@H]4[C@H](C)CC[C@@H]1[C@@]24OO3. The van der Waals surface area contributed by atoms with Gasteiger partial charge in [-0.2, -0.15) is 0 Å². The standard InChI is InChI=1S/C22H31NO7/c1-12-4-5-18-13(2)19(26-11-15-9-16(25)8-14(10-24)23-15)27-20-22(18)17(12)6-7-21(3,28-20)29-30-22/h8-9,12-13,17-20,24H,4-7,10-11H2,1-3H3,(H,23,25)/t12-,13-,17+,18+,19-,20-,21+,22-/m1/s1. The lowest BCUT2D eigenvalue weighted by molar-refractivity contribution is -0.577. The normalized spacial score (nSPS) is 45.1. The molecule has 30 heavy (non-hydrogen) atoms. The Morgan fingerprint density at radius 2 is 1.97 bits per heavy atom. The monoisotopic (exact) mass is 421 g/mol. The van der Waals surface area contributed by atoms with Crippen LogP contribution in [0, 0.1) is 23.7 Å². The van der Waals surface area contributed by atoms with Gasteiger partial charge in [0.15, 0.2) is 23.6 Å². The predicted octanol–water partition coefficient (Wildman–Crippen LogP) is 2.59. The molecule has 166 valence electrons. The van der Waals surface area contributed by atoms with Crippen LogP contribution in [-0.4, -0.2) is 34.1 Å². The highest BCUT2D eigenvalue weighted by Crippen LogP contribution is 2.60. The van der Waals surface area contributed by atoms with Gasteiger partial charge in [0, 0.05) is 41.8 Å². The van der Waals surface area contributed by atoms with Gasteiger partial charge in [-0.25, -0.2) is 9.78 Å². The van der Waals surface area contributed by atoms with Gasteiger partial charge in [-0.1, -0.05) is 13.8 Å². The van der Waals surface area contributed by atoms with Crippen molar-refractivity contribution in [3.63, 3.8) is 0 Å². The molecule has 6 rings (SSSR count). The maximum atomic E-state index is 11.8. The summed E-state index contributed by atoms with van der Waals surface area (Å²) in [4.78, 5) is 26.8. The molecule has 0 amide bonds. The fraction of sp³-hybridized carbons (Fsp3) is 0.773. The summed E-state index contributed by atoms with van der Waals surface area (Å²) in [6.45, 7) is 6.27. The average Bonchev–Trinajstić information content (AvgIpc) is 2.95. The molecule has 2 bridgehead atoms. The van der Waals surface area contributed by atoms with Crippen LogP contribution in [-0.2, 0) is 37.2 Å². The number of ether oxygens (including phenoxy) is 3. The molecular formula is C22H31NO7. The first-order valence-corrected chi connectivity index (χ1v) is 11.0. The van der Waals surface area contributed by atoms with E-state index in [1.54, 1.807) is 0 Å². The molecule has 5 fully saturated rings. The van der Waals surface area contributed by atoms with Crippen molar-refractivity contribution in [1.82, 2.24) is 4.98 Å². The molecule has 1 aromatic heterocycles. The van der Waals surface area contributed by atoms with E-state index in [0.717, 1.165) is 25.7 Å². The van der Waals surface area contributed by atoms with E-state index in [2.05, 4.69) is 18.8 Å². The molecule has 1 aromatic rings. The van der Waals surface area contributed by atoms with Gasteiger partial charge in [0.1, 0.15) is 0 Å². The molecule has 4 aliphatic heterocycles. The van der Waals surface area contributed by atoms with Crippen LogP contribution in [0.3, 0.4) is 0 Å². The molecule has 0 unspecified atom stereocenters. The number of H-pyrrole nitrogens is 1. The van der Waals surface area contributed by atoms with Gasteiger partial charge >= 0.3 is 0 Å². The number of rotatable bonds is 4. The molecule has 5 heterocycles. The smallest absolute Gasteiger partial charge is 0.201 e. The summed E-state index contributed by atoms with van der Waals surface area (Å²) in [5.74, 6) is 0.262. The van der Waals surface area contributed by atoms with E-state index in [4.69, 9.17) is 24.0 Å². The van der Waals surface area contributed by atoms with Crippen molar-refractivity contribution in [3.8, 4) is 0 Å². The first-order chi connectivity index (χ1) is 14.3. The minimum atomic E-state index is -0.816. The van der Waals surface area contributed by atoms with Crippen molar-refractivity contribution in [3.05, 3.63) is 33.7 Å². The lowest BCUT2D eigenvalue weighted by Gasteiger charge is -2.60. The number of hydrogen-bond donors (Lipinski definition) is 2. The largest absolute Gasteiger partial charge is 0.390 e. The zero-order valence-electron chi connectivity index (χ0n) is 17.8. The molecule has 4 saturated heterocycles. The van der Waals surface area contributed by atoms with Crippen LogP contribution < -0.4 is 5.43 Å². The van der Waals surface area contributed by atoms with Gasteiger partial charge in [-0.15, -0.1) is 0 Å². The van der Waals surface area contributed by atoms with Crippen molar-refractivity contribution in [2.75, 3.05) is 0 Å². The minimum absolute atomic E-state index is 0.0682. The number of aliphatic hydroxyl groups is 1. The Labute approximate surface area is 175 Å². The van der Waals surface area contributed by atoms with Crippen LogP contribution in [0.5, 0.6) is 0 Å². The summed E-state index contributed by atoms with van der Waals surface area (Å²) < 4.78 is 18.8. The fourth-order valence-electron chi connectivity index (χ4n) is 6.06. The summed E-state index contributed by atoms with van der Waals surface area (Å²) >= 11 is 0. The molecule has 8 nitrogen and oxygen atoms in total. The van der Waals surface area contributed by atoms with E-state index >= 15 is 0 Å². The van der Waals surface area contributed by atoms with Crippen LogP contribution in [0.15, 0.2) is 16.9 Å². The van der Waals surface area contributed by atoms with Crippen LogP contribution >= 0.6 is 0 Å². The second-order valence-corrected chi connectivity index (χ2v) is 9.61. The number of nitrogens with one attached hydrogen (secondary N) is 1. The van der Waals surface area contributed by atoms with E-state index in [1.807, 2.05) is 6.92 Å². The Bertz CT molecular complexity index is 858. The van der Waals surface area contributed by atoms with Gasteiger partial charge < -0.3 is 24.3 Å². The highest BCUT2D eigenvalue weighted by atomic mass is 17.3. The van der Waals surface area contributed by atoms with Crippen molar-refractivity contribution < 1.29 is 29.1 Å². The quantitative estimate of drug-likeness (QED) is 0.721. The zero-order valence-corrected chi connectivity index (χ0v) is 17.8. The number of aromatic nitrogens is 1. The molecule has 8 heteroatoms. The number of aliphatic hydroxyl groups excluding tert-OH is 1. The molecule has 1 saturated carbocycles. The topological polar surface area (TPSA) is 99.2 Å². The lowest BCUT2D eigenvalue weighted by atomic mass is 9.58. The van der Waals surface area contributed by atoms with Gasteiger partial charge in [0.05, 0.1) is 13.2 Å². The summed E-state index contributed by atoms with van der Waals surface area (Å²) in [7, 11) is 0. The molecule has 8 atom stereocenters. The zero-order chi connectivity index (χ0) is 21.1. The number of fused-ring (bicyclic) bond motifs is 2. The Balaban J connectivity index is 1.40. The maximum absolute atomic E-state index is 11.8. The molecular weight excluding hydrogens is 390 g/mol. The molecule has 0 radical (unpaired) electrons. The van der Waals surface area contributed by atoms with E-state index < -0.39 is 24.0 Å². The van der Waals surface area contributed by atoms with Crippen molar-refractivity contribution in [1.29, 1.82) is 0 Å². The predicted molar refractivity (Wildman–Crippen MR) is 105 cm³/mol. The number of hydrogen-bond acceptors (Lipinski definition) is 7. The van der Waals surface area contributed by atoms with Crippen molar-refractivity contribution in [2.45, 2.75) is 83.6 Å².